The fourth-order valence-corrected chi connectivity index (χ4v) is 2.99. The van der Waals surface area contributed by atoms with Crippen LogP contribution in [0.25, 0.3) is 0 Å². The lowest BCUT2D eigenvalue weighted by atomic mass is 10.1. The predicted octanol–water partition coefficient (Wildman–Crippen LogP) is 2.82. The Hall–Kier alpha value is -2.86. The van der Waals surface area contributed by atoms with Gasteiger partial charge in [0.1, 0.15) is 18.5 Å². The number of carbonyl (C=O) groups excluding carboxylic acids is 1. The number of hydrogen-bond acceptors (Lipinski definition) is 4. The highest BCUT2D eigenvalue weighted by Crippen LogP contribution is 2.20. The fourth-order valence-electron chi connectivity index (χ4n) is 2.99. The molecule has 1 amide bonds. The molecular formula is C21H23NO5. The lowest BCUT2D eigenvalue weighted by molar-refractivity contribution is -0.151. The average Bonchev–Trinajstić information content (AvgIpc) is 3.16. The van der Waals surface area contributed by atoms with Gasteiger partial charge in [-0.05, 0) is 43.0 Å². The molecule has 1 heterocycles. The van der Waals surface area contributed by atoms with Gasteiger partial charge < -0.3 is 19.9 Å². The summed E-state index contributed by atoms with van der Waals surface area (Å²) in [5, 5.41) is 11.7. The minimum atomic E-state index is -1.02. The average molecular weight is 369 g/mol. The summed E-state index contributed by atoms with van der Waals surface area (Å²) in [6.07, 6.45) is -0.789. The summed E-state index contributed by atoms with van der Waals surface area (Å²) in [6, 6.07) is 15.7. The zero-order chi connectivity index (χ0) is 19.2. The van der Waals surface area contributed by atoms with Crippen molar-refractivity contribution in [2.75, 3.05) is 0 Å². The Kier molecular flexibility index (Phi) is 6.08. The molecule has 3 rings (SSSR count). The molecule has 1 aliphatic heterocycles. The summed E-state index contributed by atoms with van der Waals surface area (Å²) in [6.45, 7) is 2.90. The van der Waals surface area contributed by atoms with Crippen LogP contribution in [0.15, 0.2) is 48.5 Å². The van der Waals surface area contributed by atoms with Gasteiger partial charge >= 0.3 is 5.97 Å². The zero-order valence-corrected chi connectivity index (χ0v) is 15.2. The molecule has 0 bridgehead atoms. The molecule has 2 aromatic carbocycles. The first-order chi connectivity index (χ1) is 13.0. The molecule has 2 atom stereocenters. The quantitative estimate of drug-likeness (QED) is 0.784. The summed E-state index contributed by atoms with van der Waals surface area (Å²) in [5.74, 6) is -0.542. The van der Waals surface area contributed by atoms with E-state index in [0.717, 1.165) is 16.9 Å². The second-order valence-electron chi connectivity index (χ2n) is 6.67. The Labute approximate surface area is 158 Å². The van der Waals surface area contributed by atoms with Gasteiger partial charge in [0.15, 0.2) is 6.10 Å². The molecule has 2 N–H and O–H groups in total. The van der Waals surface area contributed by atoms with Crippen LogP contribution in [-0.2, 0) is 27.5 Å². The van der Waals surface area contributed by atoms with E-state index in [4.69, 9.17) is 14.6 Å². The van der Waals surface area contributed by atoms with Crippen LogP contribution >= 0.6 is 0 Å². The second-order valence-corrected chi connectivity index (χ2v) is 6.67. The molecule has 0 spiro atoms. The van der Waals surface area contributed by atoms with E-state index in [1.54, 1.807) is 0 Å². The number of ether oxygens (including phenoxy) is 2. The Morgan fingerprint density at radius 2 is 1.85 bits per heavy atom. The van der Waals surface area contributed by atoms with Crippen LogP contribution in [0.2, 0.25) is 0 Å². The third kappa shape index (κ3) is 5.31. The van der Waals surface area contributed by atoms with Crippen molar-refractivity contribution in [1.29, 1.82) is 0 Å². The van der Waals surface area contributed by atoms with Crippen LogP contribution in [-0.4, -0.2) is 29.2 Å². The minimum Gasteiger partial charge on any atom is -0.489 e. The van der Waals surface area contributed by atoms with Crippen molar-refractivity contribution in [3.8, 4) is 5.75 Å². The van der Waals surface area contributed by atoms with Gasteiger partial charge in [-0.15, -0.1) is 0 Å². The van der Waals surface area contributed by atoms with Crippen molar-refractivity contribution in [2.45, 2.75) is 45.1 Å². The molecule has 1 aliphatic rings. The first-order valence-corrected chi connectivity index (χ1v) is 8.94. The van der Waals surface area contributed by atoms with Gasteiger partial charge in [0.05, 0.1) is 0 Å². The van der Waals surface area contributed by atoms with Crippen LogP contribution in [0.5, 0.6) is 5.75 Å². The van der Waals surface area contributed by atoms with Gasteiger partial charge in [-0.25, -0.2) is 4.79 Å². The monoisotopic (exact) mass is 369 g/mol. The third-order valence-corrected chi connectivity index (χ3v) is 4.47. The standard InChI is InChI=1S/C21H23NO5/c1-14-3-2-4-16(11-14)13-26-17-7-5-15(6-8-17)12-22-20(23)18-9-10-19(27-18)21(24)25/h2-8,11,18-19H,9-10,12-13H2,1H3,(H,22,23)(H,24,25)/t18-,19+/m0/s1. The molecular weight excluding hydrogens is 346 g/mol. The molecule has 0 radical (unpaired) electrons. The first kappa shape index (κ1) is 18.9. The molecule has 0 aromatic heterocycles. The lowest BCUT2D eigenvalue weighted by Crippen LogP contribution is -2.35. The summed E-state index contributed by atoms with van der Waals surface area (Å²) in [5.41, 5.74) is 3.24. The Bertz CT molecular complexity index is 802. The molecule has 0 aliphatic carbocycles. The van der Waals surface area contributed by atoms with Gasteiger partial charge in [-0.3, -0.25) is 4.79 Å². The van der Waals surface area contributed by atoms with Crippen molar-refractivity contribution < 1.29 is 24.2 Å². The second kappa shape index (κ2) is 8.68. The Balaban J connectivity index is 1.45. The summed E-state index contributed by atoms with van der Waals surface area (Å²) in [7, 11) is 0. The number of hydrogen-bond donors (Lipinski definition) is 2. The predicted molar refractivity (Wildman–Crippen MR) is 99.3 cm³/mol. The number of carbonyl (C=O) groups is 2. The third-order valence-electron chi connectivity index (χ3n) is 4.47. The topological polar surface area (TPSA) is 84.9 Å². The van der Waals surface area contributed by atoms with E-state index in [-0.39, 0.29) is 5.91 Å². The number of benzene rings is 2. The maximum atomic E-state index is 12.1. The molecule has 142 valence electrons. The smallest absolute Gasteiger partial charge is 0.332 e. The number of carboxylic acids is 1. The number of aliphatic carboxylic acids is 1. The van der Waals surface area contributed by atoms with Gasteiger partial charge in [-0.2, -0.15) is 0 Å². The largest absolute Gasteiger partial charge is 0.489 e. The molecule has 0 unspecified atom stereocenters. The van der Waals surface area contributed by atoms with Crippen molar-refractivity contribution >= 4 is 11.9 Å². The maximum absolute atomic E-state index is 12.1. The number of aryl methyl sites for hydroxylation is 1. The molecule has 6 heteroatoms. The molecule has 2 aromatic rings. The van der Waals surface area contributed by atoms with E-state index in [0.29, 0.717) is 26.0 Å². The molecule has 0 saturated carbocycles. The lowest BCUT2D eigenvalue weighted by Gasteiger charge is -2.12. The van der Waals surface area contributed by atoms with Crippen LogP contribution in [0, 0.1) is 6.92 Å². The van der Waals surface area contributed by atoms with Crippen molar-refractivity contribution in [3.05, 3.63) is 65.2 Å². The van der Waals surface area contributed by atoms with E-state index in [1.165, 1.54) is 5.56 Å². The van der Waals surface area contributed by atoms with Crippen molar-refractivity contribution in [2.24, 2.45) is 0 Å². The highest BCUT2D eigenvalue weighted by atomic mass is 16.5. The van der Waals surface area contributed by atoms with Gasteiger partial charge in [-0.1, -0.05) is 42.0 Å². The summed E-state index contributed by atoms with van der Waals surface area (Å²) >= 11 is 0. The van der Waals surface area contributed by atoms with E-state index >= 15 is 0 Å². The minimum absolute atomic E-state index is 0.279. The molecule has 1 saturated heterocycles. The first-order valence-electron chi connectivity index (χ1n) is 8.94. The number of carboxylic acid groups (broad SMARTS) is 1. The molecule has 27 heavy (non-hydrogen) atoms. The van der Waals surface area contributed by atoms with E-state index in [9.17, 15) is 9.59 Å². The van der Waals surface area contributed by atoms with E-state index in [1.807, 2.05) is 49.4 Å². The maximum Gasteiger partial charge on any atom is 0.332 e. The number of rotatable bonds is 7. The van der Waals surface area contributed by atoms with Crippen molar-refractivity contribution in [3.63, 3.8) is 0 Å². The van der Waals surface area contributed by atoms with E-state index < -0.39 is 18.2 Å². The van der Waals surface area contributed by atoms with E-state index in [2.05, 4.69) is 11.4 Å². The highest BCUT2D eigenvalue weighted by Gasteiger charge is 2.34. The summed E-state index contributed by atoms with van der Waals surface area (Å²) < 4.78 is 11.0. The van der Waals surface area contributed by atoms with Crippen LogP contribution in [0.1, 0.15) is 29.5 Å². The van der Waals surface area contributed by atoms with Gasteiger partial charge in [0.2, 0.25) is 5.91 Å². The highest BCUT2D eigenvalue weighted by molar-refractivity contribution is 5.82. The zero-order valence-electron chi connectivity index (χ0n) is 15.2. The summed E-state index contributed by atoms with van der Waals surface area (Å²) in [4.78, 5) is 23.0. The van der Waals surface area contributed by atoms with Crippen LogP contribution in [0.3, 0.4) is 0 Å². The fraction of sp³-hybridized carbons (Fsp3) is 0.333. The normalized spacial score (nSPS) is 18.9. The van der Waals surface area contributed by atoms with Crippen LogP contribution < -0.4 is 10.1 Å². The Morgan fingerprint density at radius 3 is 2.52 bits per heavy atom. The van der Waals surface area contributed by atoms with Crippen molar-refractivity contribution in [1.82, 2.24) is 5.32 Å². The number of nitrogens with one attached hydrogen (secondary N) is 1. The number of amides is 1. The van der Waals surface area contributed by atoms with Gasteiger partial charge in [0, 0.05) is 6.54 Å². The molecule has 6 nitrogen and oxygen atoms in total. The van der Waals surface area contributed by atoms with Gasteiger partial charge in [0.25, 0.3) is 0 Å². The van der Waals surface area contributed by atoms with Crippen LogP contribution in [0.4, 0.5) is 0 Å². The molecule has 1 fully saturated rings. The Morgan fingerprint density at radius 1 is 1.11 bits per heavy atom. The SMILES string of the molecule is Cc1cccc(COc2ccc(CNC(=O)[C@@H]3CC[C@H](C(=O)O)O3)cc2)c1.